The summed E-state index contributed by atoms with van der Waals surface area (Å²) in [6.07, 6.45) is 4.75. The number of amides is 1. The molecule has 1 unspecified atom stereocenters. The van der Waals surface area contributed by atoms with Crippen LogP contribution in [-0.4, -0.2) is 28.4 Å². The molecule has 1 amide bonds. The number of aliphatic hydroxyl groups is 1. The third-order valence-corrected chi connectivity index (χ3v) is 6.16. The molecule has 186 valence electrons. The number of aromatic nitrogens is 1. The fourth-order valence-electron chi connectivity index (χ4n) is 4.25. The van der Waals surface area contributed by atoms with Gasteiger partial charge in [0.15, 0.2) is 0 Å². The Kier molecular flexibility index (Phi) is 7.84. The molecule has 3 aromatic rings. The molecule has 36 heavy (non-hydrogen) atoms. The monoisotopic (exact) mass is 484 g/mol. The van der Waals surface area contributed by atoms with E-state index >= 15 is 0 Å². The summed E-state index contributed by atoms with van der Waals surface area (Å²) in [5, 5.41) is 11.3. The highest BCUT2D eigenvalue weighted by Crippen LogP contribution is 2.41. The first-order valence-electron chi connectivity index (χ1n) is 12.4. The topological polar surface area (TPSA) is 79.7 Å². The Bertz CT molecular complexity index is 1230. The molecule has 0 spiro atoms. The Balaban J connectivity index is 1.74. The second kappa shape index (κ2) is 11.2. The molecule has 1 N–H and O–H groups in total. The maximum absolute atomic E-state index is 13.3. The highest BCUT2D eigenvalue weighted by Gasteiger charge is 2.47. The lowest BCUT2D eigenvalue weighted by atomic mass is 9.98. The number of rotatable bonds is 9. The van der Waals surface area contributed by atoms with Crippen molar-refractivity contribution in [3.05, 3.63) is 95.3 Å². The maximum atomic E-state index is 13.3. The zero-order valence-corrected chi connectivity index (χ0v) is 21.0. The molecule has 1 saturated heterocycles. The first-order chi connectivity index (χ1) is 17.4. The van der Waals surface area contributed by atoms with Crippen molar-refractivity contribution < 1.29 is 19.4 Å². The number of benzene rings is 2. The van der Waals surface area contributed by atoms with Crippen molar-refractivity contribution in [2.75, 3.05) is 11.5 Å². The maximum Gasteiger partial charge on any atom is 0.300 e. The van der Waals surface area contributed by atoms with Gasteiger partial charge < -0.3 is 9.84 Å². The van der Waals surface area contributed by atoms with Gasteiger partial charge in [-0.25, -0.2) is 0 Å². The molecule has 0 aliphatic carbocycles. The molecule has 6 nitrogen and oxygen atoms in total. The molecule has 4 rings (SSSR count). The molecule has 1 aromatic heterocycles. The summed E-state index contributed by atoms with van der Waals surface area (Å²) >= 11 is 0. The van der Waals surface area contributed by atoms with Crippen molar-refractivity contribution in [1.29, 1.82) is 0 Å². The first-order valence-corrected chi connectivity index (χ1v) is 12.4. The first kappa shape index (κ1) is 25.2. The van der Waals surface area contributed by atoms with Crippen molar-refractivity contribution >= 4 is 23.1 Å². The lowest BCUT2D eigenvalue weighted by molar-refractivity contribution is -0.132. The third kappa shape index (κ3) is 5.33. The van der Waals surface area contributed by atoms with E-state index in [-0.39, 0.29) is 11.3 Å². The quantitative estimate of drug-likeness (QED) is 0.226. The normalized spacial score (nSPS) is 17.1. The molecular weight excluding hydrogens is 452 g/mol. The van der Waals surface area contributed by atoms with Crippen LogP contribution >= 0.6 is 0 Å². The van der Waals surface area contributed by atoms with Crippen molar-refractivity contribution in [1.82, 2.24) is 4.98 Å². The summed E-state index contributed by atoms with van der Waals surface area (Å²) in [6, 6.07) is 19.0. The molecule has 1 fully saturated rings. The predicted molar refractivity (Wildman–Crippen MR) is 141 cm³/mol. The van der Waals surface area contributed by atoms with Gasteiger partial charge in [0.1, 0.15) is 17.6 Å². The third-order valence-electron chi connectivity index (χ3n) is 6.16. The van der Waals surface area contributed by atoms with Crippen LogP contribution in [0.2, 0.25) is 0 Å². The van der Waals surface area contributed by atoms with E-state index in [2.05, 4.69) is 25.8 Å². The average Bonchev–Trinajstić information content (AvgIpc) is 3.17. The Labute approximate surface area is 212 Å². The fourth-order valence-corrected chi connectivity index (χ4v) is 4.25. The van der Waals surface area contributed by atoms with Crippen molar-refractivity contribution in [2.24, 2.45) is 5.92 Å². The van der Waals surface area contributed by atoms with Crippen LogP contribution in [0.3, 0.4) is 0 Å². The van der Waals surface area contributed by atoms with E-state index in [0.717, 1.165) is 19.3 Å². The predicted octanol–water partition coefficient (Wildman–Crippen LogP) is 6.09. The van der Waals surface area contributed by atoms with Crippen LogP contribution < -0.4 is 9.64 Å². The number of aryl methyl sites for hydroxylation is 1. The van der Waals surface area contributed by atoms with Crippen molar-refractivity contribution in [3.8, 4) is 5.75 Å². The van der Waals surface area contributed by atoms with Crippen LogP contribution in [0.1, 0.15) is 56.5 Å². The molecule has 1 atom stereocenters. The van der Waals surface area contributed by atoms with Gasteiger partial charge in [-0.1, -0.05) is 45.4 Å². The summed E-state index contributed by atoms with van der Waals surface area (Å²) in [7, 11) is 0. The number of carbonyl (C=O) groups excluding carboxylic acids is 2. The minimum absolute atomic E-state index is 0.0182. The molecule has 2 heterocycles. The van der Waals surface area contributed by atoms with E-state index in [1.807, 2.05) is 24.3 Å². The number of hydrogen-bond donors (Lipinski definition) is 1. The number of unbranched alkanes of at least 4 members (excludes halogenated alkanes) is 1. The molecule has 2 aromatic carbocycles. The van der Waals surface area contributed by atoms with Crippen molar-refractivity contribution in [3.63, 3.8) is 0 Å². The number of hydrogen-bond acceptors (Lipinski definition) is 5. The van der Waals surface area contributed by atoms with Crippen LogP contribution in [0, 0.1) is 5.92 Å². The smallest absolute Gasteiger partial charge is 0.300 e. The summed E-state index contributed by atoms with van der Waals surface area (Å²) < 4.78 is 5.73. The van der Waals surface area contributed by atoms with E-state index in [4.69, 9.17) is 4.74 Å². The molecule has 6 heteroatoms. The number of ether oxygens (including phenoxy) is 1. The van der Waals surface area contributed by atoms with E-state index in [0.29, 0.717) is 35.2 Å². The van der Waals surface area contributed by atoms with Gasteiger partial charge in [-0.2, -0.15) is 0 Å². The summed E-state index contributed by atoms with van der Waals surface area (Å²) in [5.74, 6) is -0.608. The van der Waals surface area contributed by atoms with Gasteiger partial charge in [-0.05, 0) is 72.9 Å². The van der Waals surface area contributed by atoms with Gasteiger partial charge in [0, 0.05) is 17.4 Å². The average molecular weight is 485 g/mol. The molecule has 0 saturated carbocycles. The number of nitrogens with zero attached hydrogens (tertiary/aromatic N) is 2. The van der Waals surface area contributed by atoms with E-state index in [1.165, 1.54) is 10.5 Å². The Morgan fingerprint density at radius 2 is 1.75 bits per heavy atom. The van der Waals surface area contributed by atoms with Gasteiger partial charge in [-0.3, -0.25) is 19.5 Å². The second-order valence-corrected chi connectivity index (χ2v) is 9.42. The fraction of sp³-hybridized carbons (Fsp3) is 0.300. The van der Waals surface area contributed by atoms with Gasteiger partial charge in [0.25, 0.3) is 11.7 Å². The number of pyridine rings is 1. The summed E-state index contributed by atoms with van der Waals surface area (Å²) in [4.78, 5) is 32.4. The molecule has 0 bridgehead atoms. The van der Waals surface area contributed by atoms with Crippen LogP contribution in [0.4, 0.5) is 5.69 Å². The second-order valence-electron chi connectivity index (χ2n) is 9.42. The zero-order chi connectivity index (χ0) is 25.7. The van der Waals surface area contributed by atoms with Gasteiger partial charge in [0.05, 0.1) is 17.9 Å². The van der Waals surface area contributed by atoms with E-state index < -0.39 is 17.7 Å². The van der Waals surface area contributed by atoms with Crippen LogP contribution in [0.25, 0.3) is 5.76 Å². The Morgan fingerprint density at radius 1 is 1.03 bits per heavy atom. The summed E-state index contributed by atoms with van der Waals surface area (Å²) in [5.41, 5.74) is 2.71. The summed E-state index contributed by atoms with van der Waals surface area (Å²) in [6.45, 7) is 6.85. The Hall–Kier alpha value is -3.93. The molecular formula is C30H32N2O4. The standard InChI is InChI=1S/C30H32N2O4/c1-4-5-8-21-10-14-23(15-11-21)32-27(25-9-6-7-18-31-25)26(29(34)30(32)35)28(33)22-12-16-24(17-13-22)36-19-20(2)3/h6-7,9-18,20,27,33H,4-5,8,19H2,1-3H3/b28-26-. The lowest BCUT2D eigenvalue weighted by Gasteiger charge is -2.24. The van der Waals surface area contributed by atoms with E-state index in [9.17, 15) is 14.7 Å². The van der Waals surface area contributed by atoms with Gasteiger partial charge in [-0.15, -0.1) is 0 Å². The number of ketones is 1. The van der Waals surface area contributed by atoms with Crippen LogP contribution in [-0.2, 0) is 16.0 Å². The molecule has 1 aliphatic rings. The van der Waals surface area contributed by atoms with Crippen molar-refractivity contribution in [2.45, 2.75) is 46.1 Å². The lowest BCUT2D eigenvalue weighted by Crippen LogP contribution is -2.29. The number of carbonyl (C=O) groups is 2. The minimum Gasteiger partial charge on any atom is -0.507 e. The highest BCUT2D eigenvalue weighted by molar-refractivity contribution is 6.51. The largest absolute Gasteiger partial charge is 0.507 e. The minimum atomic E-state index is -0.843. The number of anilines is 1. The van der Waals surface area contributed by atoms with Crippen LogP contribution in [0.5, 0.6) is 5.75 Å². The molecule has 0 radical (unpaired) electrons. The number of Topliss-reactive ketones (excluding diaryl/α,β-unsaturated/α-hetero) is 1. The number of aliphatic hydroxyl groups excluding tert-OH is 1. The van der Waals surface area contributed by atoms with Gasteiger partial charge in [0.2, 0.25) is 0 Å². The van der Waals surface area contributed by atoms with Crippen LogP contribution in [0.15, 0.2) is 78.5 Å². The van der Waals surface area contributed by atoms with Gasteiger partial charge >= 0.3 is 0 Å². The SMILES string of the molecule is CCCCc1ccc(N2C(=O)C(=O)/C(=C(\O)c3ccc(OCC(C)C)cc3)C2c2ccccn2)cc1. The highest BCUT2D eigenvalue weighted by atomic mass is 16.5. The van der Waals surface area contributed by atoms with E-state index in [1.54, 1.807) is 48.7 Å². The zero-order valence-electron chi connectivity index (χ0n) is 21.0. The Morgan fingerprint density at radius 3 is 2.36 bits per heavy atom. The molecule has 1 aliphatic heterocycles.